The average Bonchev–Trinajstić information content (AvgIpc) is 3.09. The monoisotopic (exact) mass is 312 g/mol. The Hall–Kier alpha value is -1.98. The van der Waals surface area contributed by atoms with Gasteiger partial charge in [0.2, 0.25) is 0 Å². The number of rotatable bonds is 7. The first-order chi connectivity index (χ1) is 11.3. The zero-order valence-electron chi connectivity index (χ0n) is 13.6. The highest BCUT2D eigenvalue weighted by Gasteiger charge is 2.20. The van der Waals surface area contributed by atoms with E-state index in [0.29, 0.717) is 6.10 Å². The van der Waals surface area contributed by atoms with Gasteiger partial charge < -0.3 is 10.1 Å². The van der Waals surface area contributed by atoms with E-state index in [1.54, 1.807) is 0 Å². The molecule has 0 bridgehead atoms. The molecule has 3 heterocycles. The molecule has 0 spiro atoms. The smallest absolute Gasteiger partial charge is 0.130 e. The van der Waals surface area contributed by atoms with Gasteiger partial charge in [0.1, 0.15) is 5.82 Å². The molecule has 3 rings (SSSR count). The second-order valence-corrected chi connectivity index (χ2v) is 5.89. The summed E-state index contributed by atoms with van der Waals surface area (Å²) in [4.78, 5) is 11.3. The number of aromatic nitrogens is 2. The van der Waals surface area contributed by atoms with E-state index in [1.807, 2.05) is 37.6 Å². The highest BCUT2D eigenvalue weighted by molar-refractivity contribution is 5.42. The van der Waals surface area contributed by atoms with Crippen LogP contribution in [0, 0.1) is 0 Å². The molecule has 0 aliphatic carbocycles. The Morgan fingerprint density at radius 2 is 2.09 bits per heavy atom. The second kappa shape index (κ2) is 8.04. The summed E-state index contributed by atoms with van der Waals surface area (Å²) in [5, 5.41) is 3.17. The minimum absolute atomic E-state index is 0.327. The van der Waals surface area contributed by atoms with Crippen molar-refractivity contribution in [2.75, 3.05) is 25.5 Å². The SMILES string of the molecule is CNc1ncccc1CN(Cc1ccccn1)C[C@H]1CCCO1. The minimum atomic E-state index is 0.327. The standard InChI is InChI=1S/C18H24N4O/c1-19-18-15(6-4-10-21-18)12-22(14-17-8-5-11-23-17)13-16-7-2-3-9-20-16/h2-4,6-7,9-10,17H,5,8,11-14H2,1H3,(H,19,21)/t17-/m1/s1. The molecule has 23 heavy (non-hydrogen) atoms. The zero-order valence-corrected chi connectivity index (χ0v) is 13.6. The lowest BCUT2D eigenvalue weighted by molar-refractivity contribution is 0.0675. The van der Waals surface area contributed by atoms with Crippen molar-refractivity contribution in [3.05, 3.63) is 54.0 Å². The van der Waals surface area contributed by atoms with E-state index in [9.17, 15) is 0 Å². The summed E-state index contributed by atoms with van der Waals surface area (Å²) in [6.45, 7) is 3.46. The van der Waals surface area contributed by atoms with Crippen LogP contribution in [0.5, 0.6) is 0 Å². The molecule has 2 aromatic heterocycles. The third-order valence-corrected chi connectivity index (χ3v) is 4.12. The quantitative estimate of drug-likeness (QED) is 0.852. The van der Waals surface area contributed by atoms with E-state index < -0.39 is 0 Å². The average molecular weight is 312 g/mol. The first-order valence-electron chi connectivity index (χ1n) is 8.20. The fourth-order valence-electron chi connectivity index (χ4n) is 3.01. The van der Waals surface area contributed by atoms with Crippen LogP contribution in [0.2, 0.25) is 0 Å². The normalized spacial score (nSPS) is 17.6. The number of hydrogen-bond acceptors (Lipinski definition) is 5. The third-order valence-electron chi connectivity index (χ3n) is 4.12. The van der Waals surface area contributed by atoms with Gasteiger partial charge in [-0.2, -0.15) is 0 Å². The van der Waals surface area contributed by atoms with Crippen molar-refractivity contribution in [1.29, 1.82) is 0 Å². The molecule has 1 fully saturated rings. The topological polar surface area (TPSA) is 50.3 Å². The maximum absolute atomic E-state index is 5.82. The molecular weight excluding hydrogens is 288 g/mol. The van der Waals surface area contributed by atoms with Gasteiger partial charge in [0, 0.05) is 51.2 Å². The zero-order chi connectivity index (χ0) is 15.9. The maximum atomic E-state index is 5.82. The predicted molar refractivity (Wildman–Crippen MR) is 91.1 cm³/mol. The lowest BCUT2D eigenvalue weighted by Crippen LogP contribution is -2.32. The Bertz CT molecular complexity index is 599. The summed E-state index contributed by atoms with van der Waals surface area (Å²) in [7, 11) is 1.91. The summed E-state index contributed by atoms with van der Waals surface area (Å²) in [6.07, 6.45) is 6.30. The number of pyridine rings is 2. The van der Waals surface area contributed by atoms with Crippen molar-refractivity contribution < 1.29 is 4.74 Å². The van der Waals surface area contributed by atoms with Crippen molar-refractivity contribution >= 4 is 5.82 Å². The highest BCUT2D eigenvalue weighted by Crippen LogP contribution is 2.19. The van der Waals surface area contributed by atoms with E-state index in [2.05, 4.69) is 32.3 Å². The Labute approximate surface area is 137 Å². The van der Waals surface area contributed by atoms with Gasteiger partial charge in [-0.3, -0.25) is 9.88 Å². The Kier molecular flexibility index (Phi) is 5.56. The summed E-state index contributed by atoms with van der Waals surface area (Å²) < 4.78 is 5.82. The maximum Gasteiger partial charge on any atom is 0.130 e. The van der Waals surface area contributed by atoms with Crippen LogP contribution in [0.15, 0.2) is 42.7 Å². The fraction of sp³-hybridized carbons (Fsp3) is 0.444. The van der Waals surface area contributed by atoms with Gasteiger partial charge in [0.15, 0.2) is 0 Å². The molecule has 0 saturated carbocycles. The molecule has 2 aromatic rings. The molecule has 1 atom stereocenters. The number of hydrogen-bond donors (Lipinski definition) is 1. The third kappa shape index (κ3) is 4.50. The summed E-state index contributed by atoms with van der Waals surface area (Å²) in [5.74, 6) is 0.936. The molecule has 5 heteroatoms. The van der Waals surface area contributed by atoms with E-state index in [0.717, 1.165) is 50.6 Å². The number of anilines is 1. The van der Waals surface area contributed by atoms with E-state index >= 15 is 0 Å². The molecule has 1 saturated heterocycles. The summed E-state index contributed by atoms with van der Waals surface area (Å²) in [6, 6.07) is 10.2. The van der Waals surface area contributed by atoms with Crippen molar-refractivity contribution in [2.24, 2.45) is 0 Å². The first kappa shape index (κ1) is 15.9. The second-order valence-electron chi connectivity index (χ2n) is 5.89. The summed E-state index contributed by atoms with van der Waals surface area (Å²) in [5.41, 5.74) is 2.28. The van der Waals surface area contributed by atoms with Crippen LogP contribution in [0.25, 0.3) is 0 Å². The van der Waals surface area contributed by atoms with Crippen molar-refractivity contribution in [2.45, 2.75) is 32.0 Å². The van der Waals surface area contributed by atoms with E-state index in [-0.39, 0.29) is 0 Å². The highest BCUT2D eigenvalue weighted by atomic mass is 16.5. The number of nitrogens with one attached hydrogen (secondary N) is 1. The van der Waals surface area contributed by atoms with E-state index in [4.69, 9.17) is 4.74 Å². The molecule has 0 radical (unpaired) electrons. The van der Waals surface area contributed by atoms with Crippen LogP contribution in [-0.2, 0) is 17.8 Å². The van der Waals surface area contributed by atoms with Crippen molar-refractivity contribution in [1.82, 2.24) is 14.9 Å². The molecule has 0 unspecified atom stereocenters. The Morgan fingerprint density at radius 3 is 2.83 bits per heavy atom. The number of ether oxygens (including phenoxy) is 1. The van der Waals surface area contributed by atoms with Gasteiger partial charge >= 0.3 is 0 Å². The lowest BCUT2D eigenvalue weighted by Gasteiger charge is -2.25. The van der Waals surface area contributed by atoms with Crippen LogP contribution in [0.1, 0.15) is 24.1 Å². The minimum Gasteiger partial charge on any atom is -0.377 e. The van der Waals surface area contributed by atoms with Gasteiger partial charge in [0.05, 0.1) is 11.8 Å². The van der Waals surface area contributed by atoms with Crippen LogP contribution in [0.3, 0.4) is 0 Å². The lowest BCUT2D eigenvalue weighted by atomic mass is 10.2. The van der Waals surface area contributed by atoms with Crippen molar-refractivity contribution in [3.8, 4) is 0 Å². The van der Waals surface area contributed by atoms with Crippen LogP contribution in [0.4, 0.5) is 5.82 Å². The molecule has 0 amide bonds. The molecule has 1 aliphatic rings. The van der Waals surface area contributed by atoms with Gasteiger partial charge in [-0.15, -0.1) is 0 Å². The molecule has 0 aromatic carbocycles. The summed E-state index contributed by atoms with van der Waals surface area (Å²) >= 11 is 0. The number of nitrogens with zero attached hydrogens (tertiary/aromatic N) is 3. The van der Waals surface area contributed by atoms with Crippen LogP contribution in [-0.4, -0.2) is 41.2 Å². The molecule has 122 valence electrons. The van der Waals surface area contributed by atoms with Gasteiger partial charge in [-0.05, 0) is 31.0 Å². The predicted octanol–water partition coefficient (Wildman–Crippen LogP) is 2.70. The Morgan fingerprint density at radius 1 is 1.17 bits per heavy atom. The molecule has 5 nitrogen and oxygen atoms in total. The first-order valence-corrected chi connectivity index (χ1v) is 8.20. The largest absolute Gasteiger partial charge is 0.377 e. The van der Waals surface area contributed by atoms with Crippen LogP contribution >= 0.6 is 0 Å². The molecule has 1 aliphatic heterocycles. The van der Waals surface area contributed by atoms with Crippen LogP contribution < -0.4 is 5.32 Å². The van der Waals surface area contributed by atoms with E-state index in [1.165, 1.54) is 5.56 Å². The van der Waals surface area contributed by atoms with Gasteiger partial charge in [0.25, 0.3) is 0 Å². The fourth-order valence-corrected chi connectivity index (χ4v) is 3.01. The van der Waals surface area contributed by atoms with Crippen molar-refractivity contribution in [3.63, 3.8) is 0 Å². The van der Waals surface area contributed by atoms with Gasteiger partial charge in [-0.25, -0.2) is 4.98 Å². The van der Waals surface area contributed by atoms with Gasteiger partial charge in [-0.1, -0.05) is 12.1 Å². The molecular formula is C18H24N4O. The Balaban J connectivity index is 1.73. The molecule has 1 N–H and O–H groups in total.